The number of para-hydroxylation sites is 4. The second-order valence-electron chi connectivity index (χ2n) is 7.52. The Hall–Kier alpha value is -3.46. The number of nitro benzene ring substituents is 1. The van der Waals surface area contributed by atoms with E-state index in [-0.39, 0.29) is 29.0 Å². The molecule has 9 heteroatoms. The van der Waals surface area contributed by atoms with Crippen molar-refractivity contribution in [2.45, 2.75) is 31.8 Å². The summed E-state index contributed by atoms with van der Waals surface area (Å²) in [5, 5.41) is 13.8. The van der Waals surface area contributed by atoms with Crippen molar-refractivity contribution in [2.24, 2.45) is 0 Å². The number of carbonyl (C=O) groups excluding carboxylic acids is 1. The zero-order valence-corrected chi connectivity index (χ0v) is 16.6. The predicted molar refractivity (Wildman–Crippen MR) is 114 cm³/mol. The van der Waals surface area contributed by atoms with Crippen molar-refractivity contribution in [3.8, 4) is 0 Å². The number of likely N-dealkylation sites (tertiary alicyclic amines) is 1. The number of amides is 1. The molecule has 2 aromatic carbocycles. The number of piperidine rings is 1. The van der Waals surface area contributed by atoms with E-state index < -0.39 is 11.0 Å². The Balaban J connectivity index is 1.43. The van der Waals surface area contributed by atoms with Gasteiger partial charge in [0.15, 0.2) is 0 Å². The van der Waals surface area contributed by atoms with Gasteiger partial charge in [0.05, 0.1) is 22.0 Å². The highest BCUT2D eigenvalue weighted by Crippen LogP contribution is 2.27. The molecule has 0 saturated carbocycles. The zero-order chi connectivity index (χ0) is 21.3. The summed E-state index contributed by atoms with van der Waals surface area (Å²) >= 11 is 0. The van der Waals surface area contributed by atoms with Crippen LogP contribution in [0.3, 0.4) is 0 Å². The van der Waals surface area contributed by atoms with Crippen LogP contribution >= 0.6 is 0 Å². The molecule has 1 unspecified atom stereocenters. The lowest BCUT2D eigenvalue weighted by atomic mass is 10.0. The largest absolute Gasteiger partial charge is 0.326 e. The number of aromatic amines is 1. The normalized spacial score (nSPS) is 16.4. The van der Waals surface area contributed by atoms with E-state index in [1.165, 1.54) is 12.1 Å². The number of imidazole rings is 1. The van der Waals surface area contributed by atoms with Gasteiger partial charge in [0.2, 0.25) is 5.91 Å². The first-order valence-corrected chi connectivity index (χ1v) is 9.93. The topological polar surface area (TPSA) is 113 Å². The Morgan fingerprint density at radius 2 is 1.83 bits per heavy atom. The third-order valence-corrected chi connectivity index (χ3v) is 5.77. The molecule has 1 amide bonds. The van der Waals surface area contributed by atoms with Crippen molar-refractivity contribution in [1.82, 2.24) is 14.5 Å². The highest BCUT2D eigenvalue weighted by Gasteiger charge is 2.29. The van der Waals surface area contributed by atoms with Crippen molar-refractivity contribution in [3.05, 3.63) is 69.1 Å². The number of hydrogen-bond donors (Lipinski definition) is 2. The predicted octanol–water partition coefficient (Wildman–Crippen LogP) is 2.90. The lowest BCUT2D eigenvalue weighted by Crippen LogP contribution is -2.47. The summed E-state index contributed by atoms with van der Waals surface area (Å²) in [6, 6.07) is 13.4. The summed E-state index contributed by atoms with van der Waals surface area (Å²) in [5.41, 5.74) is 1.66. The molecule has 3 aromatic rings. The van der Waals surface area contributed by atoms with Crippen LogP contribution in [0.25, 0.3) is 11.0 Å². The number of hydrogen-bond acceptors (Lipinski definition) is 5. The van der Waals surface area contributed by atoms with Crippen LogP contribution in [0.1, 0.15) is 25.8 Å². The number of nitrogens with one attached hydrogen (secondary N) is 2. The van der Waals surface area contributed by atoms with Gasteiger partial charge in [0.1, 0.15) is 5.69 Å². The molecular formula is C21H23N5O4. The summed E-state index contributed by atoms with van der Waals surface area (Å²) in [7, 11) is 0. The Bertz CT molecular complexity index is 1140. The number of H-pyrrole nitrogens is 1. The van der Waals surface area contributed by atoms with Gasteiger partial charge in [-0.3, -0.25) is 24.4 Å². The summed E-state index contributed by atoms with van der Waals surface area (Å²) in [5.74, 6) is -0.285. The zero-order valence-electron chi connectivity index (χ0n) is 16.6. The molecule has 0 radical (unpaired) electrons. The molecule has 0 bridgehead atoms. The fourth-order valence-corrected chi connectivity index (χ4v) is 4.11. The fraction of sp³-hybridized carbons (Fsp3) is 0.333. The van der Waals surface area contributed by atoms with Crippen LogP contribution in [-0.2, 0) is 4.79 Å². The Kier molecular flexibility index (Phi) is 5.37. The van der Waals surface area contributed by atoms with Gasteiger partial charge < -0.3 is 10.3 Å². The number of nitrogens with zero attached hydrogens (tertiary/aromatic N) is 3. The number of aromatic nitrogens is 2. The number of anilines is 1. The molecule has 4 rings (SSSR count). The molecule has 2 N–H and O–H groups in total. The molecule has 156 valence electrons. The monoisotopic (exact) mass is 409 g/mol. The summed E-state index contributed by atoms with van der Waals surface area (Å²) in [4.78, 5) is 40.7. The van der Waals surface area contributed by atoms with E-state index in [9.17, 15) is 19.7 Å². The molecule has 1 aliphatic heterocycles. The highest BCUT2D eigenvalue weighted by atomic mass is 16.6. The number of fused-ring (bicyclic) bond motifs is 1. The summed E-state index contributed by atoms with van der Waals surface area (Å²) in [6.45, 7) is 3.10. The van der Waals surface area contributed by atoms with Gasteiger partial charge in [-0.25, -0.2) is 4.79 Å². The first-order valence-electron chi connectivity index (χ1n) is 9.93. The van der Waals surface area contributed by atoms with E-state index >= 15 is 0 Å². The smallest absolute Gasteiger partial charge is 0.319 e. The molecule has 1 fully saturated rings. The lowest BCUT2D eigenvalue weighted by Gasteiger charge is -2.35. The maximum atomic E-state index is 12.7. The van der Waals surface area contributed by atoms with Gasteiger partial charge >= 0.3 is 5.69 Å². The van der Waals surface area contributed by atoms with E-state index in [2.05, 4.69) is 10.3 Å². The molecular weight excluding hydrogens is 386 g/mol. The maximum Gasteiger partial charge on any atom is 0.326 e. The second kappa shape index (κ2) is 8.11. The van der Waals surface area contributed by atoms with Crippen LogP contribution in [0.15, 0.2) is 53.3 Å². The molecule has 1 aliphatic rings. The summed E-state index contributed by atoms with van der Waals surface area (Å²) < 4.78 is 1.81. The lowest BCUT2D eigenvalue weighted by molar-refractivity contribution is -0.383. The minimum absolute atomic E-state index is 0.0652. The van der Waals surface area contributed by atoms with Crippen molar-refractivity contribution in [3.63, 3.8) is 0 Å². The first-order chi connectivity index (χ1) is 14.5. The highest BCUT2D eigenvalue weighted by molar-refractivity contribution is 5.96. The third-order valence-electron chi connectivity index (χ3n) is 5.77. The molecule has 2 heterocycles. The van der Waals surface area contributed by atoms with Crippen LogP contribution in [0.2, 0.25) is 0 Å². The van der Waals surface area contributed by atoms with E-state index in [0.29, 0.717) is 13.1 Å². The van der Waals surface area contributed by atoms with Gasteiger partial charge in [-0.05, 0) is 38.0 Å². The van der Waals surface area contributed by atoms with Gasteiger partial charge in [-0.2, -0.15) is 0 Å². The minimum atomic E-state index is -0.509. The maximum absolute atomic E-state index is 12.7. The van der Waals surface area contributed by atoms with Gasteiger partial charge in [0.25, 0.3) is 5.69 Å². The van der Waals surface area contributed by atoms with Crippen molar-refractivity contribution in [1.29, 1.82) is 0 Å². The van der Waals surface area contributed by atoms with Crippen molar-refractivity contribution >= 4 is 28.3 Å². The van der Waals surface area contributed by atoms with Crippen LogP contribution < -0.4 is 11.0 Å². The van der Waals surface area contributed by atoms with Crippen molar-refractivity contribution in [2.75, 3.05) is 18.4 Å². The molecule has 1 saturated heterocycles. The number of rotatable bonds is 5. The number of carbonyl (C=O) groups is 1. The Morgan fingerprint density at radius 3 is 2.57 bits per heavy atom. The van der Waals surface area contributed by atoms with Crippen LogP contribution in [0, 0.1) is 10.1 Å². The second-order valence-corrected chi connectivity index (χ2v) is 7.52. The van der Waals surface area contributed by atoms with E-state index in [1.807, 2.05) is 33.7 Å². The quantitative estimate of drug-likeness (QED) is 0.497. The Morgan fingerprint density at radius 1 is 1.17 bits per heavy atom. The average Bonchev–Trinajstić information content (AvgIpc) is 3.09. The standard InChI is InChI=1S/C21H23N5O4/c1-14(20(27)22-17-7-3-5-9-19(17)26(29)30)24-12-10-15(11-13-24)25-18-8-4-2-6-16(18)23-21(25)28/h2-9,14-15H,10-13H2,1H3,(H,22,27)(H,23,28). The molecule has 0 aliphatic carbocycles. The minimum Gasteiger partial charge on any atom is -0.319 e. The van der Waals surface area contributed by atoms with E-state index in [4.69, 9.17) is 0 Å². The van der Waals surface area contributed by atoms with Crippen molar-refractivity contribution < 1.29 is 9.72 Å². The molecule has 1 atom stereocenters. The van der Waals surface area contributed by atoms with E-state index in [1.54, 1.807) is 19.1 Å². The molecule has 1 aromatic heterocycles. The fourth-order valence-electron chi connectivity index (χ4n) is 4.11. The van der Waals surface area contributed by atoms with Crippen LogP contribution in [0.4, 0.5) is 11.4 Å². The molecule has 30 heavy (non-hydrogen) atoms. The average molecular weight is 409 g/mol. The van der Waals surface area contributed by atoms with E-state index in [0.717, 1.165) is 23.9 Å². The van der Waals surface area contributed by atoms with Gasteiger partial charge in [-0.1, -0.05) is 24.3 Å². The molecule has 9 nitrogen and oxygen atoms in total. The number of benzene rings is 2. The third kappa shape index (κ3) is 3.71. The SMILES string of the molecule is CC(C(=O)Nc1ccccc1[N+](=O)[O-])N1CCC(n2c(=O)[nH]c3ccccc32)CC1. The van der Waals surface area contributed by atoms with Gasteiger partial charge in [-0.15, -0.1) is 0 Å². The number of nitro groups is 1. The van der Waals surface area contributed by atoms with Crippen LogP contribution in [-0.4, -0.2) is 44.4 Å². The Labute approximate surface area is 172 Å². The summed E-state index contributed by atoms with van der Waals surface area (Å²) in [6.07, 6.45) is 1.48. The van der Waals surface area contributed by atoms with Crippen LogP contribution in [0.5, 0.6) is 0 Å². The van der Waals surface area contributed by atoms with Gasteiger partial charge in [0, 0.05) is 25.2 Å². The first kappa shape index (κ1) is 19.8. The molecule has 0 spiro atoms.